The van der Waals surface area contributed by atoms with Crippen molar-refractivity contribution in [2.45, 2.75) is 12.2 Å². The fourth-order valence-corrected chi connectivity index (χ4v) is 4.01. The molecule has 0 spiro atoms. The van der Waals surface area contributed by atoms with Crippen LogP contribution in [0.1, 0.15) is 6.92 Å². The van der Waals surface area contributed by atoms with Gasteiger partial charge in [0, 0.05) is 5.03 Å². The lowest BCUT2D eigenvalue weighted by Crippen LogP contribution is -2.31. The zero-order valence-corrected chi connectivity index (χ0v) is 12.5. The average molecular weight is 305 g/mol. The molecule has 102 valence electrons. The molecule has 0 N–H and O–H groups in total. The standard InChI is InChI=1S/C16H13ClO2S/c1-2-19-13-8-7-12(17)14-15(18)10-5-3-4-6-11(9-10)20-16(13)14/h3-8,14,16H,2H2,1H3. The van der Waals surface area contributed by atoms with E-state index in [4.69, 9.17) is 16.3 Å². The fraction of sp³-hybridized carbons (Fsp3) is 0.250. The van der Waals surface area contributed by atoms with Gasteiger partial charge in [-0.2, -0.15) is 0 Å². The minimum atomic E-state index is -0.385. The van der Waals surface area contributed by atoms with Crippen LogP contribution in [0.2, 0.25) is 0 Å². The molecule has 2 aliphatic carbocycles. The van der Waals surface area contributed by atoms with E-state index in [0.717, 1.165) is 10.7 Å². The first-order chi connectivity index (χ1) is 9.70. The molecule has 0 amide bonds. The molecule has 3 rings (SSSR count). The van der Waals surface area contributed by atoms with Crippen molar-refractivity contribution in [2.24, 2.45) is 5.92 Å². The van der Waals surface area contributed by atoms with Crippen molar-refractivity contribution in [3.63, 3.8) is 0 Å². The van der Waals surface area contributed by atoms with E-state index in [1.54, 1.807) is 23.9 Å². The molecule has 1 aliphatic heterocycles. The molecule has 3 aliphatic rings. The Morgan fingerprint density at radius 3 is 2.95 bits per heavy atom. The first-order valence-electron chi connectivity index (χ1n) is 6.47. The summed E-state index contributed by atoms with van der Waals surface area (Å²) in [5.41, 5.74) is 3.75. The van der Waals surface area contributed by atoms with Crippen molar-refractivity contribution in [3.8, 4) is 0 Å². The molecule has 0 aromatic carbocycles. The molecular formula is C16H13ClO2S. The molecule has 1 heterocycles. The maximum atomic E-state index is 12.7. The van der Waals surface area contributed by atoms with Crippen molar-refractivity contribution in [1.82, 2.24) is 0 Å². The van der Waals surface area contributed by atoms with E-state index in [9.17, 15) is 4.79 Å². The van der Waals surface area contributed by atoms with Crippen LogP contribution in [0.15, 0.2) is 63.5 Å². The predicted octanol–water partition coefficient (Wildman–Crippen LogP) is 3.88. The van der Waals surface area contributed by atoms with E-state index >= 15 is 0 Å². The van der Waals surface area contributed by atoms with Crippen LogP contribution >= 0.6 is 23.4 Å². The summed E-state index contributed by atoms with van der Waals surface area (Å²) >= 11 is 7.87. The van der Waals surface area contributed by atoms with Crippen molar-refractivity contribution < 1.29 is 9.53 Å². The number of thioether (sulfide) groups is 1. The smallest absolute Gasteiger partial charge is 0.180 e. The zero-order valence-electron chi connectivity index (χ0n) is 10.9. The minimum Gasteiger partial charge on any atom is -0.497 e. The molecule has 2 nitrogen and oxygen atoms in total. The number of carbonyl (C=O) groups is 1. The molecule has 0 fully saturated rings. The van der Waals surface area contributed by atoms with E-state index in [1.165, 1.54) is 0 Å². The van der Waals surface area contributed by atoms with Gasteiger partial charge in [0.25, 0.3) is 0 Å². The Hall–Kier alpha value is -1.41. The third-order valence-corrected chi connectivity index (χ3v) is 4.89. The Balaban J connectivity index is 2.05. The van der Waals surface area contributed by atoms with Crippen LogP contribution in [0.5, 0.6) is 0 Å². The Kier molecular flexibility index (Phi) is 3.75. The van der Waals surface area contributed by atoms with E-state index in [1.807, 2.05) is 31.2 Å². The summed E-state index contributed by atoms with van der Waals surface area (Å²) in [5, 5.41) is 0.450. The van der Waals surface area contributed by atoms with E-state index in [0.29, 0.717) is 17.2 Å². The lowest BCUT2D eigenvalue weighted by atomic mass is 9.90. The summed E-state index contributed by atoms with van der Waals surface area (Å²) in [5.74, 6) is 0.423. The highest BCUT2D eigenvalue weighted by molar-refractivity contribution is 8.04. The third kappa shape index (κ3) is 2.33. The van der Waals surface area contributed by atoms with Gasteiger partial charge in [0.1, 0.15) is 5.76 Å². The van der Waals surface area contributed by atoms with Gasteiger partial charge in [-0.15, -0.1) is 11.8 Å². The SMILES string of the molecule is CCOC1=CC=C(Cl)C2C(=O)C3=C=C(C=CC=C3)SC12. The van der Waals surface area contributed by atoms with E-state index < -0.39 is 0 Å². The van der Waals surface area contributed by atoms with Crippen LogP contribution in [0.3, 0.4) is 0 Å². The molecule has 0 aromatic heterocycles. The molecule has 2 bridgehead atoms. The molecule has 2 atom stereocenters. The van der Waals surface area contributed by atoms with Crippen LogP contribution in [-0.2, 0) is 9.53 Å². The topological polar surface area (TPSA) is 26.3 Å². The normalized spacial score (nSPS) is 27.6. The van der Waals surface area contributed by atoms with Gasteiger partial charge in [0.15, 0.2) is 5.78 Å². The van der Waals surface area contributed by atoms with Crippen molar-refractivity contribution in [2.75, 3.05) is 6.61 Å². The van der Waals surface area contributed by atoms with Gasteiger partial charge in [-0.3, -0.25) is 4.79 Å². The van der Waals surface area contributed by atoms with Gasteiger partial charge < -0.3 is 4.74 Å². The van der Waals surface area contributed by atoms with E-state index in [2.05, 4.69) is 5.73 Å². The highest BCUT2D eigenvalue weighted by atomic mass is 35.5. The Morgan fingerprint density at radius 2 is 2.15 bits per heavy atom. The summed E-state index contributed by atoms with van der Waals surface area (Å²) in [4.78, 5) is 13.6. The minimum absolute atomic E-state index is 0.00371. The van der Waals surface area contributed by atoms with Gasteiger partial charge in [-0.05, 0) is 31.2 Å². The van der Waals surface area contributed by atoms with Crippen LogP contribution in [-0.4, -0.2) is 17.6 Å². The quantitative estimate of drug-likeness (QED) is 0.724. The van der Waals surface area contributed by atoms with Crippen LogP contribution in [0, 0.1) is 5.92 Å². The number of hydrogen-bond acceptors (Lipinski definition) is 3. The summed E-state index contributed by atoms with van der Waals surface area (Å²) in [7, 11) is 0. The van der Waals surface area contributed by atoms with Gasteiger partial charge in [0.2, 0.25) is 0 Å². The molecular weight excluding hydrogens is 292 g/mol. The first-order valence-corrected chi connectivity index (χ1v) is 7.73. The zero-order chi connectivity index (χ0) is 14.1. The number of allylic oxidation sites excluding steroid dienone is 7. The monoisotopic (exact) mass is 304 g/mol. The molecule has 20 heavy (non-hydrogen) atoms. The van der Waals surface area contributed by atoms with Crippen molar-refractivity contribution >= 4 is 29.1 Å². The second kappa shape index (κ2) is 5.53. The lowest BCUT2D eigenvalue weighted by molar-refractivity contribution is -0.117. The lowest BCUT2D eigenvalue weighted by Gasteiger charge is -2.28. The molecule has 0 saturated carbocycles. The Labute approximate surface area is 127 Å². The maximum Gasteiger partial charge on any atom is 0.180 e. The molecule has 0 radical (unpaired) electrons. The second-order valence-electron chi connectivity index (χ2n) is 4.56. The predicted molar refractivity (Wildman–Crippen MR) is 82.3 cm³/mol. The highest BCUT2D eigenvalue weighted by Gasteiger charge is 2.39. The first kappa shape index (κ1) is 13.6. The second-order valence-corrected chi connectivity index (χ2v) is 6.17. The molecule has 0 aromatic rings. The number of rotatable bonds is 2. The molecule has 2 unspecified atom stereocenters. The summed E-state index contributed by atoms with van der Waals surface area (Å²) < 4.78 is 5.68. The summed E-state index contributed by atoms with van der Waals surface area (Å²) in [6, 6.07) is 0. The van der Waals surface area contributed by atoms with Crippen LogP contribution in [0.4, 0.5) is 0 Å². The molecule has 4 heteroatoms. The number of Topliss-reactive ketones (excluding diaryl/α,β-unsaturated/α-hetero) is 1. The third-order valence-electron chi connectivity index (χ3n) is 3.28. The van der Waals surface area contributed by atoms with Gasteiger partial charge in [-0.25, -0.2) is 0 Å². The number of fused-ring (bicyclic) bond motifs is 1. The maximum absolute atomic E-state index is 12.7. The molecule has 0 saturated heterocycles. The number of halogens is 1. The van der Waals surface area contributed by atoms with E-state index in [-0.39, 0.29) is 17.0 Å². The average Bonchev–Trinajstić information content (AvgIpc) is 2.74. The number of hydrogen-bond donors (Lipinski definition) is 0. The summed E-state index contributed by atoms with van der Waals surface area (Å²) in [6.07, 6.45) is 11.1. The largest absolute Gasteiger partial charge is 0.497 e. The Bertz CT molecular complexity index is 645. The van der Waals surface area contributed by atoms with Crippen LogP contribution < -0.4 is 0 Å². The summed E-state index contributed by atoms with van der Waals surface area (Å²) in [6.45, 7) is 2.51. The number of carbonyl (C=O) groups excluding carboxylic acids is 1. The fourth-order valence-electron chi connectivity index (χ4n) is 2.38. The number of ketones is 1. The Morgan fingerprint density at radius 1 is 1.35 bits per heavy atom. The van der Waals surface area contributed by atoms with Crippen molar-refractivity contribution in [1.29, 1.82) is 0 Å². The van der Waals surface area contributed by atoms with Gasteiger partial charge >= 0.3 is 0 Å². The number of ether oxygens (including phenoxy) is 1. The highest BCUT2D eigenvalue weighted by Crippen LogP contribution is 2.44. The van der Waals surface area contributed by atoms with Gasteiger partial charge in [0.05, 0.1) is 28.3 Å². The van der Waals surface area contributed by atoms with Crippen LogP contribution in [0.25, 0.3) is 0 Å². The van der Waals surface area contributed by atoms with Crippen molar-refractivity contribution in [3.05, 3.63) is 63.5 Å². The van der Waals surface area contributed by atoms with Gasteiger partial charge in [-0.1, -0.05) is 29.5 Å².